The third-order valence-electron chi connectivity index (χ3n) is 2.58. The number of nitrogens with zero attached hydrogens (tertiary/aromatic N) is 3. The van der Waals surface area contributed by atoms with E-state index in [1.54, 1.807) is 18.5 Å². The second-order valence-corrected chi connectivity index (χ2v) is 3.95. The van der Waals surface area contributed by atoms with Crippen molar-refractivity contribution in [2.75, 3.05) is 6.54 Å². The van der Waals surface area contributed by atoms with Gasteiger partial charge in [0.2, 0.25) is 5.91 Å². The first-order valence-electron chi connectivity index (χ1n) is 6.14. The SMILES string of the molecule is C/C=C/C(=O)NCCn1ccnc1-c1ccccn1. The van der Waals surface area contributed by atoms with E-state index in [0.717, 1.165) is 11.5 Å². The molecule has 0 aliphatic carbocycles. The predicted octanol–water partition coefficient (Wildman–Crippen LogP) is 1.64. The summed E-state index contributed by atoms with van der Waals surface area (Å²) in [6.07, 6.45) is 8.57. The molecular formula is C14H16N4O. The molecule has 0 spiro atoms. The number of aromatic nitrogens is 3. The van der Waals surface area contributed by atoms with Crippen molar-refractivity contribution in [2.24, 2.45) is 0 Å². The first kappa shape index (κ1) is 13.0. The predicted molar refractivity (Wildman–Crippen MR) is 73.3 cm³/mol. The summed E-state index contributed by atoms with van der Waals surface area (Å²) in [5, 5.41) is 2.81. The quantitative estimate of drug-likeness (QED) is 0.827. The van der Waals surface area contributed by atoms with Crippen molar-refractivity contribution in [3.8, 4) is 11.5 Å². The monoisotopic (exact) mass is 256 g/mol. The van der Waals surface area contributed by atoms with Crippen molar-refractivity contribution in [3.63, 3.8) is 0 Å². The fourth-order valence-corrected chi connectivity index (χ4v) is 1.73. The van der Waals surface area contributed by atoms with Gasteiger partial charge in [0.25, 0.3) is 0 Å². The topological polar surface area (TPSA) is 59.8 Å². The number of allylic oxidation sites excluding steroid dienone is 1. The van der Waals surface area contributed by atoms with Gasteiger partial charge in [-0.3, -0.25) is 9.78 Å². The largest absolute Gasteiger partial charge is 0.351 e. The van der Waals surface area contributed by atoms with Gasteiger partial charge < -0.3 is 9.88 Å². The van der Waals surface area contributed by atoms with Gasteiger partial charge in [-0.25, -0.2) is 4.98 Å². The van der Waals surface area contributed by atoms with Crippen LogP contribution in [0.1, 0.15) is 6.92 Å². The van der Waals surface area contributed by atoms with E-state index in [0.29, 0.717) is 13.1 Å². The molecule has 98 valence electrons. The smallest absolute Gasteiger partial charge is 0.243 e. The van der Waals surface area contributed by atoms with Crippen molar-refractivity contribution >= 4 is 5.91 Å². The van der Waals surface area contributed by atoms with Crippen LogP contribution >= 0.6 is 0 Å². The van der Waals surface area contributed by atoms with Gasteiger partial charge in [0, 0.05) is 31.7 Å². The highest BCUT2D eigenvalue weighted by Crippen LogP contribution is 2.13. The lowest BCUT2D eigenvalue weighted by Crippen LogP contribution is -2.25. The molecule has 0 saturated carbocycles. The van der Waals surface area contributed by atoms with Crippen LogP contribution in [0, 0.1) is 0 Å². The number of hydrogen-bond acceptors (Lipinski definition) is 3. The maximum absolute atomic E-state index is 11.3. The first-order valence-corrected chi connectivity index (χ1v) is 6.14. The fourth-order valence-electron chi connectivity index (χ4n) is 1.73. The summed E-state index contributed by atoms with van der Waals surface area (Å²) in [6, 6.07) is 5.71. The molecule has 5 nitrogen and oxygen atoms in total. The van der Waals surface area contributed by atoms with Crippen LogP contribution < -0.4 is 5.32 Å². The average molecular weight is 256 g/mol. The van der Waals surface area contributed by atoms with Gasteiger partial charge in [-0.1, -0.05) is 12.1 Å². The lowest BCUT2D eigenvalue weighted by atomic mass is 10.3. The Hall–Kier alpha value is -2.43. The van der Waals surface area contributed by atoms with E-state index in [2.05, 4.69) is 15.3 Å². The van der Waals surface area contributed by atoms with Crippen molar-refractivity contribution < 1.29 is 4.79 Å². The second-order valence-electron chi connectivity index (χ2n) is 3.95. The fraction of sp³-hybridized carbons (Fsp3) is 0.214. The van der Waals surface area contributed by atoms with Gasteiger partial charge in [0.05, 0.1) is 0 Å². The zero-order chi connectivity index (χ0) is 13.5. The van der Waals surface area contributed by atoms with E-state index in [9.17, 15) is 4.79 Å². The maximum atomic E-state index is 11.3. The second kappa shape index (κ2) is 6.49. The summed E-state index contributed by atoms with van der Waals surface area (Å²) in [6.45, 7) is 3.03. The van der Waals surface area contributed by atoms with Gasteiger partial charge in [-0.2, -0.15) is 0 Å². The summed E-state index contributed by atoms with van der Waals surface area (Å²) >= 11 is 0. The maximum Gasteiger partial charge on any atom is 0.243 e. The Balaban J connectivity index is 1.99. The average Bonchev–Trinajstić information content (AvgIpc) is 2.88. The molecule has 0 fully saturated rings. The lowest BCUT2D eigenvalue weighted by Gasteiger charge is -2.07. The molecule has 5 heteroatoms. The molecule has 0 saturated heterocycles. The molecule has 0 aliphatic rings. The molecule has 2 rings (SSSR count). The van der Waals surface area contributed by atoms with Gasteiger partial charge in [0.15, 0.2) is 5.82 Å². The molecule has 2 aromatic rings. The molecule has 1 amide bonds. The Labute approximate surface area is 112 Å². The van der Waals surface area contributed by atoms with E-state index in [1.165, 1.54) is 6.08 Å². The third kappa shape index (κ3) is 3.51. The number of pyridine rings is 1. The molecule has 0 atom stereocenters. The van der Waals surface area contributed by atoms with Crippen molar-refractivity contribution in [3.05, 3.63) is 48.9 Å². The molecule has 0 aromatic carbocycles. The van der Waals surface area contributed by atoms with E-state index in [4.69, 9.17) is 0 Å². The van der Waals surface area contributed by atoms with Crippen LogP contribution in [0.25, 0.3) is 11.5 Å². The van der Waals surface area contributed by atoms with Crippen LogP contribution in [-0.2, 0) is 11.3 Å². The molecule has 2 heterocycles. The molecule has 0 unspecified atom stereocenters. The van der Waals surface area contributed by atoms with E-state index >= 15 is 0 Å². The minimum Gasteiger partial charge on any atom is -0.351 e. The number of hydrogen-bond donors (Lipinski definition) is 1. The Morgan fingerprint density at radius 2 is 2.26 bits per heavy atom. The van der Waals surface area contributed by atoms with E-state index in [1.807, 2.05) is 35.9 Å². The molecular weight excluding hydrogens is 240 g/mol. The van der Waals surface area contributed by atoms with Crippen LogP contribution in [0.2, 0.25) is 0 Å². The summed E-state index contributed by atoms with van der Waals surface area (Å²) in [5.74, 6) is 0.725. The Morgan fingerprint density at radius 1 is 1.37 bits per heavy atom. The van der Waals surface area contributed by atoms with Gasteiger partial charge >= 0.3 is 0 Å². The van der Waals surface area contributed by atoms with E-state index < -0.39 is 0 Å². The summed E-state index contributed by atoms with van der Waals surface area (Å²) in [7, 11) is 0. The number of rotatable bonds is 5. The Bertz CT molecular complexity index is 560. The van der Waals surface area contributed by atoms with Crippen LogP contribution in [0.4, 0.5) is 0 Å². The summed E-state index contributed by atoms with van der Waals surface area (Å²) in [5.41, 5.74) is 0.826. The van der Waals surface area contributed by atoms with Crippen molar-refractivity contribution in [1.29, 1.82) is 0 Å². The van der Waals surface area contributed by atoms with E-state index in [-0.39, 0.29) is 5.91 Å². The standard InChI is InChI=1S/C14H16N4O/c1-2-5-13(19)16-8-10-18-11-9-17-14(18)12-6-3-4-7-15-12/h2-7,9,11H,8,10H2,1H3,(H,16,19)/b5-2+. The summed E-state index contributed by atoms with van der Waals surface area (Å²) in [4.78, 5) is 19.9. The molecule has 19 heavy (non-hydrogen) atoms. The van der Waals surface area contributed by atoms with Gasteiger partial charge in [-0.15, -0.1) is 0 Å². The molecule has 1 N–H and O–H groups in total. The van der Waals surface area contributed by atoms with Gasteiger partial charge in [-0.05, 0) is 25.1 Å². The number of nitrogens with one attached hydrogen (secondary N) is 1. The number of carbonyl (C=O) groups excluding carboxylic acids is 1. The molecule has 2 aromatic heterocycles. The van der Waals surface area contributed by atoms with Crippen LogP contribution in [0.5, 0.6) is 0 Å². The third-order valence-corrected chi connectivity index (χ3v) is 2.58. The van der Waals surface area contributed by atoms with Crippen LogP contribution in [0.15, 0.2) is 48.9 Å². The normalized spacial score (nSPS) is 10.8. The molecule has 0 aliphatic heterocycles. The summed E-state index contributed by atoms with van der Waals surface area (Å²) < 4.78 is 1.97. The molecule has 0 bridgehead atoms. The number of amides is 1. The Morgan fingerprint density at radius 3 is 3.00 bits per heavy atom. The highest BCUT2D eigenvalue weighted by Gasteiger charge is 2.06. The number of carbonyl (C=O) groups is 1. The lowest BCUT2D eigenvalue weighted by molar-refractivity contribution is -0.116. The zero-order valence-corrected chi connectivity index (χ0v) is 10.8. The highest BCUT2D eigenvalue weighted by atomic mass is 16.1. The van der Waals surface area contributed by atoms with Crippen LogP contribution in [0.3, 0.4) is 0 Å². The minimum absolute atomic E-state index is 0.0815. The highest BCUT2D eigenvalue weighted by molar-refractivity contribution is 5.87. The minimum atomic E-state index is -0.0815. The number of imidazole rings is 1. The van der Waals surface area contributed by atoms with Crippen molar-refractivity contribution in [1.82, 2.24) is 19.9 Å². The van der Waals surface area contributed by atoms with Gasteiger partial charge in [0.1, 0.15) is 5.69 Å². The first-order chi connectivity index (χ1) is 9.31. The molecule has 0 radical (unpaired) electrons. The van der Waals surface area contributed by atoms with Crippen molar-refractivity contribution in [2.45, 2.75) is 13.5 Å². The van der Waals surface area contributed by atoms with Crippen LogP contribution in [-0.4, -0.2) is 27.0 Å². The Kier molecular flexibility index (Phi) is 4.44. The zero-order valence-electron chi connectivity index (χ0n) is 10.8.